The van der Waals surface area contributed by atoms with E-state index in [1.807, 2.05) is 12.3 Å². The summed E-state index contributed by atoms with van der Waals surface area (Å²) in [4.78, 5) is 0. The van der Waals surface area contributed by atoms with E-state index >= 15 is 0 Å². The van der Waals surface area contributed by atoms with E-state index < -0.39 is 12.1 Å². The van der Waals surface area contributed by atoms with Crippen LogP contribution in [0.4, 0.5) is 13.2 Å². The normalized spacial score (nSPS) is 25.6. The van der Waals surface area contributed by atoms with Crippen LogP contribution in [0.3, 0.4) is 0 Å². The number of halogens is 3. The maximum absolute atomic E-state index is 12.9. The Morgan fingerprint density at radius 2 is 2.20 bits per heavy atom. The Morgan fingerprint density at radius 3 is 2.80 bits per heavy atom. The Hall–Kier alpha value is -0.550. The molecule has 0 bridgehead atoms. The van der Waals surface area contributed by atoms with Gasteiger partial charge in [0.1, 0.15) is 0 Å². The molecule has 0 amide bonds. The van der Waals surface area contributed by atoms with Gasteiger partial charge in [0.05, 0.1) is 5.92 Å². The summed E-state index contributed by atoms with van der Waals surface area (Å²) < 4.78 is 38.8. The molecule has 1 saturated carbocycles. The molecule has 1 aromatic heterocycles. The molecule has 0 spiro atoms. The second-order valence-electron chi connectivity index (χ2n) is 5.67. The first-order valence-electron chi connectivity index (χ1n) is 7.32. The third-order valence-corrected chi connectivity index (χ3v) is 4.98. The Balaban J connectivity index is 2.01. The zero-order valence-electron chi connectivity index (χ0n) is 11.7. The summed E-state index contributed by atoms with van der Waals surface area (Å²) in [6, 6.07) is 2.23. The minimum atomic E-state index is -4.03. The molecule has 1 aromatic rings. The monoisotopic (exact) mass is 305 g/mol. The summed E-state index contributed by atoms with van der Waals surface area (Å²) in [7, 11) is 0. The zero-order chi connectivity index (χ0) is 14.6. The van der Waals surface area contributed by atoms with Crippen molar-refractivity contribution >= 4 is 11.3 Å². The fourth-order valence-electron chi connectivity index (χ4n) is 3.22. The van der Waals surface area contributed by atoms with Gasteiger partial charge >= 0.3 is 6.18 Å². The van der Waals surface area contributed by atoms with Crippen molar-refractivity contribution in [3.63, 3.8) is 0 Å². The van der Waals surface area contributed by atoms with Crippen LogP contribution in [0.25, 0.3) is 0 Å². The minimum absolute atomic E-state index is 0.134. The van der Waals surface area contributed by atoms with Gasteiger partial charge in [-0.2, -0.15) is 24.5 Å². The Bertz CT molecular complexity index is 388. The highest BCUT2D eigenvalue weighted by atomic mass is 32.1. The van der Waals surface area contributed by atoms with Crippen molar-refractivity contribution in [2.24, 2.45) is 11.8 Å². The molecule has 1 fully saturated rings. The van der Waals surface area contributed by atoms with E-state index in [1.54, 1.807) is 11.3 Å². The standard InChI is InChI=1S/C15H22F3NS/c1-2-19-14(8-11-6-7-20-10-11)12-4-3-5-13(9-12)15(16,17)18/h6-7,10,12-14,19H,2-5,8-9H2,1H3. The summed E-state index contributed by atoms with van der Waals surface area (Å²) >= 11 is 1.64. The number of alkyl halides is 3. The van der Waals surface area contributed by atoms with Crippen molar-refractivity contribution in [2.75, 3.05) is 6.54 Å². The summed E-state index contributed by atoms with van der Waals surface area (Å²) in [5.74, 6) is -0.972. The molecule has 20 heavy (non-hydrogen) atoms. The SMILES string of the molecule is CCNC(Cc1ccsc1)C1CCCC(C(F)(F)F)C1. The Morgan fingerprint density at radius 1 is 1.40 bits per heavy atom. The molecule has 114 valence electrons. The van der Waals surface area contributed by atoms with Gasteiger partial charge in [0.25, 0.3) is 0 Å². The number of hydrogen-bond acceptors (Lipinski definition) is 2. The van der Waals surface area contributed by atoms with Gasteiger partial charge in [-0.1, -0.05) is 13.3 Å². The first-order valence-corrected chi connectivity index (χ1v) is 8.26. The van der Waals surface area contributed by atoms with E-state index in [1.165, 1.54) is 5.56 Å². The third-order valence-electron chi connectivity index (χ3n) is 4.25. The molecular weight excluding hydrogens is 283 g/mol. The van der Waals surface area contributed by atoms with E-state index in [0.717, 1.165) is 19.4 Å². The van der Waals surface area contributed by atoms with Gasteiger partial charge in [0.2, 0.25) is 0 Å². The van der Waals surface area contributed by atoms with E-state index in [0.29, 0.717) is 12.8 Å². The lowest BCUT2D eigenvalue weighted by molar-refractivity contribution is -0.186. The van der Waals surface area contributed by atoms with Crippen LogP contribution in [0.5, 0.6) is 0 Å². The van der Waals surface area contributed by atoms with Crippen LogP contribution >= 0.6 is 11.3 Å². The lowest BCUT2D eigenvalue weighted by Gasteiger charge is -2.35. The van der Waals surface area contributed by atoms with Crippen molar-refractivity contribution in [1.29, 1.82) is 0 Å². The van der Waals surface area contributed by atoms with Crippen LogP contribution in [0.2, 0.25) is 0 Å². The minimum Gasteiger partial charge on any atom is -0.314 e. The Labute approximate surface area is 122 Å². The molecule has 1 heterocycles. The van der Waals surface area contributed by atoms with Gasteiger partial charge in [-0.15, -0.1) is 0 Å². The average Bonchev–Trinajstić information content (AvgIpc) is 2.90. The first-order chi connectivity index (χ1) is 9.50. The van der Waals surface area contributed by atoms with Crippen molar-refractivity contribution in [3.05, 3.63) is 22.4 Å². The zero-order valence-corrected chi connectivity index (χ0v) is 12.6. The van der Waals surface area contributed by atoms with Gasteiger partial charge in [-0.3, -0.25) is 0 Å². The van der Waals surface area contributed by atoms with Crippen LogP contribution < -0.4 is 5.32 Å². The highest BCUT2D eigenvalue weighted by molar-refractivity contribution is 7.07. The number of thiophene rings is 1. The van der Waals surface area contributed by atoms with E-state index in [4.69, 9.17) is 0 Å². The molecule has 0 aromatic carbocycles. The van der Waals surface area contributed by atoms with Crippen LogP contribution in [0.15, 0.2) is 16.8 Å². The van der Waals surface area contributed by atoms with Crippen LogP contribution in [0.1, 0.15) is 38.2 Å². The second-order valence-corrected chi connectivity index (χ2v) is 6.45. The van der Waals surface area contributed by atoms with Gasteiger partial charge in [-0.25, -0.2) is 0 Å². The van der Waals surface area contributed by atoms with Gasteiger partial charge in [0.15, 0.2) is 0 Å². The molecule has 1 aliphatic rings. The fraction of sp³-hybridized carbons (Fsp3) is 0.733. The molecule has 0 saturated heterocycles. The molecule has 0 aliphatic heterocycles. The quantitative estimate of drug-likeness (QED) is 0.836. The summed E-state index contributed by atoms with van der Waals surface area (Å²) in [5, 5.41) is 7.52. The summed E-state index contributed by atoms with van der Waals surface area (Å²) in [6.07, 6.45) is -0.998. The molecule has 1 N–H and O–H groups in total. The van der Waals surface area contributed by atoms with Gasteiger partial charge in [0, 0.05) is 6.04 Å². The number of nitrogens with one attached hydrogen (secondary N) is 1. The average molecular weight is 305 g/mol. The maximum Gasteiger partial charge on any atom is 0.391 e. The molecule has 0 radical (unpaired) electrons. The first kappa shape index (κ1) is 15.8. The lowest BCUT2D eigenvalue weighted by Crippen LogP contribution is -2.42. The van der Waals surface area contributed by atoms with Crippen LogP contribution in [-0.2, 0) is 6.42 Å². The predicted molar refractivity (Wildman–Crippen MR) is 77.0 cm³/mol. The van der Waals surface area contributed by atoms with Crippen molar-refractivity contribution in [2.45, 2.75) is 51.2 Å². The number of rotatable bonds is 5. The lowest BCUT2D eigenvalue weighted by atomic mass is 9.76. The fourth-order valence-corrected chi connectivity index (χ4v) is 3.90. The second kappa shape index (κ2) is 6.94. The number of likely N-dealkylation sites (N-methyl/N-ethyl adjacent to an activating group) is 1. The van der Waals surface area contributed by atoms with Crippen molar-refractivity contribution in [1.82, 2.24) is 5.32 Å². The highest BCUT2D eigenvalue weighted by Gasteiger charge is 2.43. The summed E-state index contributed by atoms with van der Waals surface area (Å²) in [5.41, 5.74) is 1.23. The third kappa shape index (κ3) is 4.22. The van der Waals surface area contributed by atoms with Crippen molar-refractivity contribution in [3.8, 4) is 0 Å². The Kier molecular flexibility index (Phi) is 5.49. The molecule has 2 rings (SSSR count). The summed E-state index contributed by atoms with van der Waals surface area (Å²) in [6.45, 7) is 2.83. The maximum atomic E-state index is 12.9. The van der Waals surface area contributed by atoms with E-state index in [9.17, 15) is 13.2 Å². The van der Waals surface area contributed by atoms with Crippen LogP contribution in [-0.4, -0.2) is 18.8 Å². The number of hydrogen-bond donors (Lipinski definition) is 1. The van der Waals surface area contributed by atoms with Crippen LogP contribution in [0, 0.1) is 11.8 Å². The van der Waals surface area contributed by atoms with Gasteiger partial charge in [-0.05, 0) is 60.5 Å². The van der Waals surface area contributed by atoms with Crippen molar-refractivity contribution < 1.29 is 13.2 Å². The van der Waals surface area contributed by atoms with E-state index in [-0.39, 0.29) is 18.4 Å². The molecular formula is C15H22F3NS. The molecule has 5 heteroatoms. The molecule has 1 nitrogen and oxygen atoms in total. The van der Waals surface area contributed by atoms with Gasteiger partial charge < -0.3 is 5.32 Å². The molecule has 3 atom stereocenters. The largest absolute Gasteiger partial charge is 0.391 e. The molecule has 3 unspecified atom stereocenters. The smallest absolute Gasteiger partial charge is 0.314 e. The topological polar surface area (TPSA) is 12.0 Å². The molecule has 1 aliphatic carbocycles. The highest BCUT2D eigenvalue weighted by Crippen LogP contribution is 2.41. The predicted octanol–water partition coefficient (Wildman–Crippen LogP) is 4.64. The van der Waals surface area contributed by atoms with E-state index in [2.05, 4.69) is 16.8 Å².